The van der Waals surface area contributed by atoms with Crippen molar-refractivity contribution in [2.24, 2.45) is 0 Å². The highest BCUT2D eigenvalue weighted by molar-refractivity contribution is 7.89. The third kappa shape index (κ3) is 2.89. The molecule has 1 aliphatic rings. The lowest BCUT2D eigenvalue weighted by atomic mass is 10.1. The molecule has 0 saturated heterocycles. The number of aromatic nitrogens is 1. The van der Waals surface area contributed by atoms with Gasteiger partial charge < -0.3 is 13.9 Å². The van der Waals surface area contributed by atoms with Crippen molar-refractivity contribution < 1.29 is 27.1 Å². The minimum absolute atomic E-state index is 0.123. The third-order valence-corrected chi connectivity index (χ3v) is 3.42. The van der Waals surface area contributed by atoms with Crippen molar-refractivity contribution in [3.63, 3.8) is 0 Å². The number of benzene rings is 1. The third-order valence-electron chi connectivity index (χ3n) is 2.86. The smallest absolute Gasteiger partial charge is 0.287 e. The maximum absolute atomic E-state index is 11.9. The molecule has 0 atom stereocenters. The fourth-order valence-electron chi connectivity index (χ4n) is 2.01. The highest BCUT2D eigenvalue weighted by Gasteiger charge is 2.22. The van der Waals surface area contributed by atoms with Gasteiger partial charge in [-0.1, -0.05) is 0 Å². The minimum atomic E-state index is -3.69. The lowest BCUT2D eigenvalue weighted by molar-refractivity contribution is 0.0977. The molecule has 1 aromatic carbocycles. The standard InChI is InChI=1S/C13H12N2O6S/c1-22(17,18)15-13(16)11-12(21-7-14-11)8-2-3-9-10(6-8)20-5-4-19-9/h2-3,6-7H,4-5H2,1H3,(H,15,16). The van der Waals surface area contributed by atoms with E-state index in [1.165, 1.54) is 0 Å². The molecule has 1 aliphatic heterocycles. The van der Waals surface area contributed by atoms with Gasteiger partial charge in [-0.15, -0.1) is 0 Å². The normalized spacial score (nSPS) is 13.7. The highest BCUT2D eigenvalue weighted by Crippen LogP contribution is 2.35. The second-order valence-electron chi connectivity index (χ2n) is 4.59. The van der Waals surface area contributed by atoms with Gasteiger partial charge in [0.15, 0.2) is 29.3 Å². The number of ether oxygens (including phenoxy) is 2. The number of fused-ring (bicyclic) bond motifs is 1. The van der Waals surface area contributed by atoms with E-state index >= 15 is 0 Å². The van der Waals surface area contributed by atoms with Crippen LogP contribution in [0, 0.1) is 0 Å². The van der Waals surface area contributed by atoms with Crippen molar-refractivity contribution in [3.8, 4) is 22.8 Å². The summed E-state index contributed by atoms with van der Waals surface area (Å²) in [6.45, 7) is 0.894. The van der Waals surface area contributed by atoms with E-state index in [4.69, 9.17) is 13.9 Å². The van der Waals surface area contributed by atoms with Gasteiger partial charge in [0.25, 0.3) is 5.91 Å². The van der Waals surface area contributed by atoms with Gasteiger partial charge in [0.1, 0.15) is 13.2 Å². The Hall–Kier alpha value is -2.55. The number of nitrogens with one attached hydrogen (secondary N) is 1. The first-order valence-electron chi connectivity index (χ1n) is 6.30. The zero-order chi connectivity index (χ0) is 15.7. The second kappa shape index (κ2) is 5.34. The van der Waals surface area contributed by atoms with E-state index in [9.17, 15) is 13.2 Å². The number of oxazole rings is 1. The number of sulfonamides is 1. The molecule has 2 heterocycles. The summed E-state index contributed by atoms with van der Waals surface area (Å²) < 4.78 is 40.2. The Balaban J connectivity index is 1.96. The number of amides is 1. The molecular formula is C13H12N2O6S. The van der Waals surface area contributed by atoms with Crippen LogP contribution in [0.15, 0.2) is 29.0 Å². The molecular weight excluding hydrogens is 312 g/mol. The molecule has 0 saturated carbocycles. The Kier molecular flexibility index (Phi) is 3.49. The summed E-state index contributed by atoms with van der Waals surface area (Å²) in [5.41, 5.74) is 0.405. The molecule has 1 amide bonds. The zero-order valence-corrected chi connectivity index (χ0v) is 12.3. The highest BCUT2D eigenvalue weighted by atomic mass is 32.2. The second-order valence-corrected chi connectivity index (χ2v) is 6.34. The molecule has 1 aromatic heterocycles. The summed E-state index contributed by atoms with van der Waals surface area (Å²) in [6, 6.07) is 5.00. The Labute approximate surface area is 126 Å². The van der Waals surface area contributed by atoms with Gasteiger partial charge >= 0.3 is 0 Å². The summed E-state index contributed by atoms with van der Waals surface area (Å²) in [4.78, 5) is 15.7. The number of hydrogen-bond acceptors (Lipinski definition) is 7. The van der Waals surface area contributed by atoms with Crippen LogP contribution in [0.2, 0.25) is 0 Å². The summed E-state index contributed by atoms with van der Waals surface area (Å²) in [7, 11) is -3.69. The van der Waals surface area contributed by atoms with Crippen LogP contribution in [0.4, 0.5) is 0 Å². The van der Waals surface area contributed by atoms with Crippen molar-refractivity contribution >= 4 is 15.9 Å². The van der Waals surface area contributed by atoms with Crippen molar-refractivity contribution in [1.82, 2.24) is 9.71 Å². The van der Waals surface area contributed by atoms with Gasteiger partial charge in [-0.05, 0) is 18.2 Å². The molecule has 1 N–H and O–H groups in total. The number of hydrogen-bond donors (Lipinski definition) is 1. The zero-order valence-electron chi connectivity index (χ0n) is 11.5. The van der Waals surface area contributed by atoms with Gasteiger partial charge in [0, 0.05) is 5.56 Å². The molecule has 0 fully saturated rings. The van der Waals surface area contributed by atoms with E-state index < -0.39 is 15.9 Å². The van der Waals surface area contributed by atoms with Crippen molar-refractivity contribution in [1.29, 1.82) is 0 Å². The minimum Gasteiger partial charge on any atom is -0.486 e. The quantitative estimate of drug-likeness (QED) is 0.889. The van der Waals surface area contributed by atoms with Crippen LogP contribution in [-0.4, -0.2) is 38.8 Å². The fourth-order valence-corrected chi connectivity index (χ4v) is 2.45. The van der Waals surface area contributed by atoms with E-state index in [1.54, 1.807) is 18.2 Å². The van der Waals surface area contributed by atoms with Gasteiger partial charge in [-0.2, -0.15) is 0 Å². The van der Waals surface area contributed by atoms with E-state index in [0.29, 0.717) is 30.3 Å². The van der Waals surface area contributed by atoms with Crippen molar-refractivity contribution in [3.05, 3.63) is 30.3 Å². The van der Waals surface area contributed by atoms with Crippen LogP contribution in [0.25, 0.3) is 11.3 Å². The number of carbonyl (C=O) groups is 1. The number of nitrogens with zero attached hydrogens (tertiary/aromatic N) is 1. The first-order valence-corrected chi connectivity index (χ1v) is 8.19. The SMILES string of the molecule is CS(=O)(=O)NC(=O)c1ncoc1-c1ccc2c(c1)OCCO2. The molecule has 0 unspecified atom stereocenters. The van der Waals surface area contributed by atoms with Gasteiger partial charge in [-0.3, -0.25) is 4.79 Å². The van der Waals surface area contributed by atoms with E-state index in [0.717, 1.165) is 12.6 Å². The fraction of sp³-hybridized carbons (Fsp3) is 0.231. The average molecular weight is 324 g/mol. The Morgan fingerprint density at radius 1 is 1.23 bits per heavy atom. The maximum Gasteiger partial charge on any atom is 0.287 e. The summed E-state index contributed by atoms with van der Waals surface area (Å²) in [5.74, 6) is 0.408. The van der Waals surface area contributed by atoms with E-state index in [1.807, 2.05) is 4.72 Å². The van der Waals surface area contributed by atoms with Crippen molar-refractivity contribution in [2.45, 2.75) is 0 Å². The molecule has 2 aromatic rings. The van der Waals surface area contributed by atoms with Gasteiger partial charge in [0.05, 0.1) is 6.26 Å². The summed E-state index contributed by atoms with van der Waals surface area (Å²) in [5, 5.41) is 0. The molecule has 0 bridgehead atoms. The van der Waals surface area contributed by atoms with Gasteiger partial charge in [-0.25, -0.2) is 18.1 Å². The summed E-state index contributed by atoms with van der Waals surface area (Å²) in [6.07, 6.45) is 1.96. The van der Waals surface area contributed by atoms with Crippen LogP contribution in [0.5, 0.6) is 11.5 Å². The van der Waals surface area contributed by atoms with Gasteiger partial charge in [0.2, 0.25) is 10.0 Å². The largest absolute Gasteiger partial charge is 0.486 e. The maximum atomic E-state index is 11.9. The molecule has 0 aliphatic carbocycles. The first-order chi connectivity index (χ1) is 10.4. The molecule has 116 valence electrons. The molecule has 9 heteroatoms. The predicted octanol–water partition coefficient (Wildman–Crippen LogP) is 0.802. The predicted molar refractivity (Wildman–Crippen MR) is 75.2 cm³/mol. The topological polar surface area (TPSA) is 108 Å². The monoisotopic (exact) mass is 324 g/mol. The molecule has 0 spiro atoms. The van der Waals surface area contributed by atoms with Crippen LogP contribution < -0.4 is 14.2 Å². The molecule has 22 heavy (non-hydrogen) atoms. The molecule has 0 radical (unpaired) electrons. The summed E-state index contributed by atoms with van der Waals surface area (Å²) >= 11 is 0. The molecule has 8 nitrogen and oxygen atoms in total. The van der Waals surface area contributed by atoms with Crippen LogP contribution >= 0.6 is 0 Å². The van der Waals surface area contributed by atoms with Crippen LogP contribution in [-0.2, 0) is 10.0 Å². The Bertz CT molecular complexity index is 827. The lowest BCUT2D eigenvalue weighted by Crippen LogP contribution is -2.29. The van der Waals surface area contributed by atoms with Crippen molar-refractivity contribution in [2.75, 3.05) is 19.5 Å². The average Bonchev–Trinajstić information content (AvgIpc) is 2.94. The Morgan fingerprint density at radius 3 is 2.68 bits per heavy atom. The lowest BCUT2D eigenvalue weighted by Gasteiger charge is -2.18. The van der Waals surface area contributed by atoms with E-state index in [-0.39, 0.29) is 11.5 Å². The number of rotatable bonds is 3. The number of carbonyl (C=O) groups excluding carboxylic acids is 1. The van der Waals surface area contributed by atoms with Crippen LogP contribution in [0.1, 0.15) is 10.5 Å². The van der Waals surface area contributed by atoms with Crippen LogP contribution in [0.3, 0.4) is 0 Å². The van der Waals surface area contributed by atoms with E-state index in [2.05, 4.69) is 4.98 Å². The first kappa shape index (κ1) is 14.4. The Morgan fingerprint density at radius 2 is 1.95 bits per heavy atom. The molecule has 3 rings (SSSR count).